The molecule has 0 aromatic carbocycles. The van der Waals surface area contributed by atoms with E-state index in [0.717, 1.165) is 17.0 Å². The fourth-order valence-electron chi connectivity index (χ4n) is 1.24. The Morgan fingerprint density at radius 3 is 2.29 bits per heavy atom. The quantitative estimate of drug-likeness (QED) is 0.285. The van der Waals surface area contributed by atoms with Gasteiger partial charge in [0.1, 0.15) is 0 Å². The van der Waals surface area contributed by atoms with Crippen LogP contribution in [0.5, 0.6) is 0 Å². The Kier molecular flexibility index (Phi) is 20.2. The number of unbranched alkanes of at least 4 members (excludes halogenated alkanes) is 2. The Bertz CT molecular complexity index is 189. The van der Waals surface area contributed by atoms with Gasteiger partial charge in [0.05, 0.1) is 0 Å². The molecule has 0 rings (SSSR count). The predicted molar refractivity (Wildman–Crippen MR) is 82.9 cm³/mol. The second-order valence-corrected chi connectivity index (χ2v) is 6.62. The number of allylic oxidation sites excluding steroid dienone is 1. The molecule has 0 aliphatic carbocycles. The average molecular weight is 442 g/mol. The van der Waals surface area contributed by atoms with E-state index in [0.29, 0.717) is 4.75 Å². The maximum absolute atomic E-state index is 5.33. The van der Waals surface area contributed by atoms with E-state index < -0.39 is 0 Å². The minimum absolute atomic E-state index is 0. The van der Waals surface area contributed by atoms with Crippen molar-refractivity contribution < 1.29 is 21.1 Å². The molecular formula is C14H26S2W. The summed E-state index contributed by atoms with van der Waals surface area (Å²) in [5, 5.41) is 0. The zero-order chi connectivity index (χ0) is 13.0. The third-order valence-electron chi connectivity index (χ3n) is 2.08. The van der Waals surface area contributed by atoms with Gasteiger partial charge >= 0.3 is 21.1 Å². The molecule has 0 aliphatic rings. The SMILES string of the molecule is [CH-]=CCCCCC(C)(C)SC(=S)CC.[CH2-]C.[W+2]. The van der Waals surface area contributed by atoms with Gasteiger partial charge in [-0.15, -0.1) is 11.8 Å². The Morgan fingerprint density at radius 2 is 1.88 bits per heavy atom. The van der Waals surface area contributed by atoms with Crippen LogP contribution in [0.25, 0.3) is 0 Å². The summed E-state index contributed by atoms with van der Waals surface area (Å²) >= 11 is 7.09. The van der Waals surface area contributed by atoms with E-state index in [1.54, 1.807) is 13.0 Å². The van der Waals surface area contributed by atoms with Crippen molar-refractivity contribution in [2.45, 2.75) is 64.5 Å². The summed E-state index contributed by atoms with van der Waals surface area (Å²) in [7, 11) is 0. The molecule has 0 aliphatic heterocycles. The fourth-order valence-corrected chi connectivity index (χ4v) is 2.93. The monoisotopic (exact) mass is 442 g/mol. The Balaban J connectivity index is -0.000000616. The molecule has 0 atom stereocenters. The molecule has 0 nitrogen and oxygen atoms in total. The van der Waals surface area contributed by atoms with Crippen LogP contribution in [-0.4, -0.2) is 8.94 Å². The van der Waals surface area contributed by atoms with Gasteiger partial charge < -0.3 is 13.5 Å². The smallest absolute Gasteiger partial charge is 0.518 e. The van der Waals surface area contributed by atoms with Gasteiger partial charge in [0.2, 0.25) is 0 Å². The molecular weight excluding hydrogens is 416 g/mol. The van der Waals surface area contributed by atoms with Crippen LogP contribution in [0.2, 0.25) is 0 Å². The molecule has 0 unspecified atom stereocenters. The largest absolute Gasteiger partial charge is 2.00 e. The molecule has 0 saturated carbocycles. The van der Waals surface area contributed by atoms with Gasteiger partial charge in [-0.2, -0.15) is 6.92 Å². The molecule has 0 amide bonds. The molecule has 0 spiro atoms. The van der Waals surface area contributed by atoms with Gasteiger partial charge in [0.25, 0.3) is 0 Å². The normalized spacial score (nSPS) is 9.71. The predicted octanol–water partition coefficient (Wildman–Crippen LogP) is 5.62. The summed E-state index contributed by atoms with van der Waals surface area (Å²) < 4.78 is 1.42. The van der Waals surface area contributed by atoms with E-state index in [2.05, 4.69) is 27.7 Å². The van der Waals surface area contributed by atoms with Crippen molar-refractivity contribution in [1.29, 1.82) is 0 Å². The van der Waals surface area contributed by atoms with E-state index >= 15 is 0 Å². The topological polar surface area (TPSA) is 0 Å². The number of rotatable bonds is 7. The van der Waals surface area contributed by atoms with Crippen LogP contribution in [0.15, 0.2) is 6.08 Å². The summed E-state index contributed by atoms with van der Waals surface area (Å²) in [6, 6.07) is 0. The van der Waals surface area contributed by atoms with Crippen molar-refractivity contribution in [3.05, 3.63) is 19.6 Å². The standard InChI is InChI=1S/C12H21S2.C2H5.W/c1-5-7-8-9-10-12(3,4)14-11(13)6-2;1-2;/h1,5H,6-10H2,2-4H3;1H2,2H3;/q2*-1;+2. The first-order valence-electron chi connectivity index (χ1n) is 5.98. The van der Waals surface area contributed by atoms with Crippen molar-refractivity contribution in [2.24, 2.45) is 0 Å². The van der Waals surface area contributed by atoms with Gasteiger partial charge in [-0.3, -0.25) is 6.08 Å². The van der Waals surface area contributed by atoms with Crippen LogP contribution in [0.4, 0.5) is 0 Å². The molecule has 0 N–H and O–H groups in total. The first-order chi connectivity index (χ1) is 7.52. The molecule has 0 heterocycles. The summed E-state index contributed by atoms with van der Waals surface area (Å²) in [5.41, 5.74) is 0. The van der Waals surface area contributed by atoms with Crippen molar-refractivity contribution in [2.75, 3.05) is 0 Å². The Morgan fingerprint density at radius 1 is 1.35 bits per heavy atom. The van der Waals surface area contributed by atoms with Gasteiger partial charge in [-0.05, 0) is 12.8 Å². The first-order valence-corrected chi connectivity index (χ1v) is 7.20. The van der Waals surface area contributed by atoms with E-state index in [4.69, 9.17) is 18.8 Å². The van der Waals surface area contributed by atoms with Crippen LogP contribution in [0.1, 0.15) is 59.8 Å². The van der Waals surface area contributed by atoms with E-state index in [1.807, 2.05) is 11.8 Å². The molecule has 3 heteroatoms. The van der Waals surface area contributed by atoms with Gasteiger partial charge in [0.15, 0.2) is 0 Å². The summed E-state index contributed by atoms with van der Waals surface area (Å²) in [6.07, 6.45) is 7.42. The van der Waals surface area contributed by atoms with Crippen molar-refractivity contribution >= 4 is 28.2 Å². The molecule has 0 saturated heterocycles. The van der Waals surface area contributed by atoms with E-state index in [1.165, 1.54) is 19.3 Å². The molecule has 0 fully saturated rings. The number of hydrogen-bond acceptors (Lipinski definition) is 2. The van der Waals surface area contributed by atoms with Crippen LogP contribution >= 0.6 is 24.0 Å². The third kappa shape index (κ3) is 16.9. The maximum Gasteiger partial charge on any atom is 2.00 e. The van der Waals surface area contributed by atoms with Crippen molar-refractivity contribution in [3.8, 4) is 0 Å². The van der Waals surface area contributed by atoms with Gasteiger partial charge in [-0.25, -0.2) is 0 Å². The van der Waals surface area contributed by atoms with E-state index in [-0.39, 0.29) is 21.1 Å². The molecule has 17 heavy (non-hydrogen) atoms. The van der Waals surface area contributed by atoms with Crippen LogP contribution < -0.4 is 0 Å². The van der Waals surface area contributed by atoms with Gasteiger partial charge in [0, 0.05) is 8.94 Å². The van der Waals surface area contributed by atoms with E-state index in [9.17, 15) is 0 Å². The third-order valence-corrected chi connectivity index (χ3v) is 3.89. The minimum atomic E-state index is 0. The summed E-state index contributed by atoms with van der Waals surface area (Å²) in [5.74, 6) is 0. The minimum Gasteiger partial charge on any atom is -0.518 e. The van der Waals surface area contributed by atoms with Crippen molar-refractivity contribution in [3.63, 3.8) is 0 Å². The molecule has 0 aromatic heterocycles. The number of thiocarbonyl (C=S) groups is 1. The maximum atomic E-state index is 5.33. The zero-order valence-corrected chi connectivity index (χ0v) is 16.2. The second-order valence-electron chi connectivity index (χ2n) is 4.07. The van der Waals surface area contributed by atoms with Crippen LogP contribution in [0.3, 0.4) is 0 Å². The van der Waals surface area contributed by atoms with Crippen LogP contribution in [0, 0.1) is 13.5 Å². The Labute approximate surface area is 133 Å². The average Bonchev–Trinajstić information content (AvgIpc) is 2.26. The van der Waals surface area contributed by atoms with Crippen LogP contribution in [-0.2, 0) is 21.1 Å². The molecule has 0 radical (unpaired) electrons. The molecule has 0 aromatic rings. The summed E-state index contributed by atoms with van der Waals surface area (Å²) in [6.45, 7) is 17.0. The number of thioether (sulfide) groups is 1. The van der Waals surface area contributed by atoms with Crippen molar-refractivity contribution in [1.82, 2.24) is 0 Å². The fraction of sp³-hybridized carbons (Fsp3) is 0.714. The number of hydrogen-bond donors (Lipinski definition) is 0. The molecule has 0 bridgehead atoms. The first kappa shape index (κ1) is 23.0. The second kappa shape index (κ2) is 14.9. The summed E-state index contributed by atoms with van der Waals surface area (Å²) in [4.78, 5) is 0. The zero-order valence-electron chi connectivity index (χ0n) is 11.6. The Hall–Kier alpha value is 0.868. The molecule has 100 valence electrons. The van der Waals surface area contributed by atoms with Gasteiger partial charge in [-0.1, -0.05) is 52.3 Å².